The molecule has 0 aromatic heterocycles. The third-order valence-electron chi connectivity index (χ3n) is 3.16. The van der Waals surface area contributed by atoms with Gasteiger partial charge in [-0.05, 0) is 25.6 Å². The highest BCUT2D eigenvalue weighted by molar-refractivity contribution is 5.98. The molecule has 5 heteroatoms. The van der Waals surface area contributed by atoms with Crippen LogP contribution in [0, 0.1) is 11.6 Å². The highest BCUT2D eigenvalue weighted by atomic mass is 19.1. The Hall–Kier alpha value is -1.33. The maximum absolute atomic E-state index is 13.4. The van der Waals surface area contributed by atoms with Crippen LogP contribution in [-0.2, 0) is 4.74 Å². The van der Waals surface area contributed by atoms with Gasteiger partial charge in [-0.3, -0.25) is 9.69 Å². The third kappa shape index (κ3) is 2.73. The van der Waals surface area contributed by atoms with Gasteiger partial charge in [-0.1, -0.05) is 6.07 Å². The SMILES string of the molecule is CN(CC(=O)c1c(F)cccc1F)C1CCOC1. The first-order valence-corrected chi connectivity index (χ1v) is 5.85. The monoisotopic (exact) mass is 255 g/mol. The minimum absolute atomic E-state index is 0.00806. The lowest BCUT2D eigenvalue weighted by Crippen LogP contribution is -2.36. The molecule has 1 atom stereocenters. The Morgan fingerprint density at radius 3 is 2.67 bits per heavy atom. The van der Waals surface area contributed by atoms with Crippen LogP contribution >= 0.6 is 0 Å². The van der Waals surface area contributed by atoms with E-state index < -0.39 is 23.0 Å². The number of halogens is 2. The Labute approximate surface area is 104 Å². The number of ether oxygens (including phenoxy) is 1. The zero-order valence-electron chi connectivity index (χ0n) is 10.2. The zero-order valence-corrected chi connectivity index (χ0v) is 10.2. The molecule has 0 saturated carbocycles. The average molecular weight is 255 g/mol. The van der Waals surface area contributed by atoms with E-state index in [9.17, 15) is 13.6 Å². The molecule has 0 spiro atoms. The molecule has 0 aliphatic carbocycles. The summed E-state index contributed by atoms with van der Waals surface area (Å²) in [5.74, 6) is -2.16. The predicted octanol–water partition coefficient (Wildman–Crippen LogP) is 1.87. The summed E-state index contributed by atoms with van der Waals surface area (Å²) < 4.78 is 32.1. The van der Waals surface area contributed by atoms with Gasteiger partial charge < -0.3 is 4.74 Å². The van der Waals surface area contributed by atoms with E-state index in [0.29, 0.717) is 13.2 Å². The number of carbonyl (C=O) groups excluding carboxylic acids is 1. The molecule has 98 valence electrons. The largest absolute Gasteiger partial charge is 0.380 e. The average Bonchev–Trinajstić information content (AvgIpc) is 2.81. The fourth-order valence-corrected chi connectivity index (χ4v) is 2.07. The van der Waals surface area contributed by atoms with E-state index in [1.54, 1.807) is 11.9 Å². The summed E-state index contributed by atoms with van der Waals surface area (Å²) in [5, 5.41) is 0. The molecule has 1 aromatic rings. The Bertz CT molecular complexity index is 424. The van der Waals surface area contributed by atoms with Crippen molar-refractivity contribution in [1.82, 2.24) is 4.90 Å². The molecule has 1 saturated heterocycles. The van der Waals surface area contributed by atoms with Crippen LogP contribution in [0.1, 0.15) is 16.8 Å². The van der Waals surface area contributed by atoms with Crippen molar-refractivity contribution in [2.24, 2.45) is 0 Å². The van der Waals surface area contributed by atoms with Crippen LogP contribution in [0.4, 0.5) is 8.78 Å². The second-order valence-corrected chi connectivity index (χ2v) is 4.45. The Morgan fingerprint density at radius 2 is 2.11 bits per heavy atom. The van der Waals surface area contributed by atoms with Crippen molar-refractivity contribution in [3.05, 3.63) is 35.4 Å². The first-order valence-electron chi connectivity index (χ1n) is 5.85. The maximum atomic E-state index is 13.4. The molecule has 0 amide bonds. The van der Waals surface area contributed by atoms with Crippen molar-refractivity contribution in [1.29, 1.82) is 0 Å². The zero-order chi connectivity index (χ0) is 13.1. The fraction of sp³-hybridized carbons (Fsp3) is 0.462. The minimum Gasteiger partial charge on any atom is -0.380 e. The normalized spacial score (nSPS) is 19.4. The lowest BCUT2D eigenvalue weighted by atomic mass is 10.1. The molecule has 0 radical (unpaired) electrons. The molecule has 1 unspecified atom stereocenters. The van der Waals surface area contributed by atoms with Crippen LogP contribution in [0.5, 0.6) is 0 Å². The van der Waals surface area contributed by atoms with Crippen LogP contribution in [0.2, 0.25) is 0 Å². The van der Waals surface area contributed by atoms with Crippen molar-refractivity contribution in [3.8, 4) is 0 Å². The summed E-state index contributed by atoms with van der Waals surface area (Å²) in [4.78, 5) is 13.7. The van der Waals surface area contributed by atoms with Gasteiger partial charge in [0.2, 0.25) is 0 Å². The van der Waals surface area contributed by atoms with Crippen LogP contribution in [0.15, 0.2) is 18.2 Å². The number of carbonyl (C=O) groups is 1. The molecule has 1 aliphatic heterocycles. The van der Waals surface area contributed by atoms with E-state index in [0.717, 1.165) is 18.6 Å². The highest BCUT2D eigenvalue weighted by Gasteiger charge is 2.24. The van der Waals surface area contributed by atoms with Crippen molar-refractivity contribution in [2.75, 3.05) is 26.8 Å². The molecule has 1 heterocycles. The minimum atomic E-state index is -0.809. The van der Waals surface area contributed by atoms with Crippen LogP contribution in [-0.4, -0.2) is 43.5 Å². The standard InChI is InChI=1S/C13H15F2NO2/c1-16(9-5-6-18-8-9)7-12(17)13-10(14)3-2-4-11(13)15/h2-4,9H,5-8H2,1H3. The van der Waals surface area contributed by atoms with Crippen LogP contribution in [0.25, 0.3) is 0 Å². The Morgan fingerprint density at radius 1 is 1.44 bits per heavy atom. The molecule has 0 N–H and O–H groups in total. The van der Waals surface area contributed by atoms with E-state index in [-0.39, 0.29) is 12.6 Å². The van der Waals surface area contributed by atoms with Gasteiger partial charge in [-0.2, -0.15) is 0 Å². The molecule has 3 nitrogen and oxygen atoms in total. The number of benzene rings is 1. The molecule has 18 heavy (non-hydrogen) atoms. The van der Waals surface area contributed by atoms with E-state index in [1.807, 2.05) is 0 Å². The smallest absolute Gasteiger partial charge is 0.182 e. The summed E-state index contributed by atoms with van der Waals surface area (Å²) in [6.45, 7) is 1.21. The van der Waals surface area contributed by atoms with Gasteiger partial charge in [-0.15, -0.1) is 0 Å². The summed E-state index contributed by atoms with van der Waals surface area (Å²) >= 11 is 0. The number of likely N-dealkylation sites (N-methyl/N-ethyl adjacent to an activating group) is 1. The van der Waals surface area contributed by atoms with Crippen LogP contribution < -0.4 is 0 Å². The third-order valence-corrected chi connectivity index (χ3v) is 3.16. The molecule has 2 rings (SSSR count). The number of hydrogen-bond acceptors (Lipinski definition) is 3. The van der Waals surface area contributed by atoms with Gasteiger partial charge in [0.05, 0.1) is 18.7 Å². The second-order valence-electron chi connectivity index (χ2n) is 4.45. The maximum Gasteiger partial charge on any atom is 0.182 e. The first kappa shape index (κ1) is 13.1. The number of ketones is 1. The number of Topliss-reactive ketones (excluding diaryl/α,β-unsaturated/α-hetero) is 1. The summed E-state index contributed by atoms with van der Waals surface area (Å²) in [6.07, 6.45) is 0.837. The van der Waals surface area contributed by atoms with Gasteiger partial charge in [0.25, 0.3) is 0 Å². The fourth-order valence-electron chi connectivity index (χ4n) is 2.07. The lowest BCUT2D eigenvalue weighted by molar-refractivity contribution is 0.0899. The molecule has 0 bridgehead atoms. The molecule has 1 aromatic carbocycles. The number of hydrogen-bond donors (Lipinski definition) is 0. The van der Waals surface area contributed by atoms with Gasteiger partial charge in [-0.25, -0.2) is 8.78 Å². The second kappa shape index (κ2) is 5.54. The highest BCUT2D eigenvalue weighted by Crippen LogP contribution is 2.15. The molecular weight excluding hydrogens is 240 g/mol. The van der Waals surface area contributed by atoms with Gasteiger partial charge in [0, 0.05) is 12.6 Å². The van der Waals surface area contributed by atoms with Crippen molar-refractivity contribution >= 4 is 5.78 Å². The van der Waals surface area contributed by atoms with E-state index in [4.69, 9.17) is 4.74 Å². The number of nitrogens with zero attached hydrogens (tertiary/aromatic N) is 1. The van der Waals surface area contributed by atoms with Crippen LogP contribution in [0.3, 0.4) is 0 Å². The van der Waals surface area contributed by atoms with Gasteiger partial charge in [0.15, 0.2) is 5.78 Å². The lowest BCUT2D eigenvalue weighted by Gasteiger charge is -2.21. The van der Waals surface area contributed by atoms with E-state index >= 15 is 0 Å². The Balaban J connectivity index is 2.07. The van der Waals surface area contributed by atoms with Crippen molar-refractivity contribution in [2.45, 2.75) is 12.5 Å². The number of rotatable bonds is 4. The quantitative estimate of drug-likeness (QED) is 0.769. The van der Waals surface area contributed by atoms with E-state index in [1.165, 1.54) is 6.07 Å². The van der Waals surface area contributed by atoms with E-state index in [2.05, 4.69) is 0 Å². The Kier molecular flexibility index (Phi) is 4.04. The molecule has 1 fully saturated rings. The topological polar surface area (TPSA) is 29.5 Å². The molecular formula is C13H15F2NO2. The van der Waals surface area contributed by atoms with Gasteiger partial charge in [0.1, 0.15) is 11.6 Å². The van der Waals surface area contributed by atoms with Crippen molar-refractivity contribution < 1.29 is 18.3 Å². The first-order chi connectivity index (χ1) is 8.59. The summed E-state index contributed by atoms with van der Waals surface area (Å²) in [5.41, 5.74) is -0.455. The van der Waals surface area contributed by atoms with Crippen molar-refractivity contribution in [3.63, 3.8) is 0 Å². The predicted molar refractivity (Wildman–Crippen MR) is 62.5 cm³/mol. The summed E-state index contributed by atoms with van der Waals surface area (Å²) in [6, 6.07) is 3.57. The summed E-state index contributed by atoms with van der Waals surface area (Å²) in [7, 11) is 1.76. The van der Waals surface area contributed by atoms with Gasteiger partial charge >= 0.3 is 0 Å². The molecule has 1 aliphatic rings.